The van der Waals surface area contributed by atoms with Gasteiger partial charge >= 0.3 is 0 Å². The topological polar surface area (TPSA) is 32.8 Å². The van der Waals surface area contributed by atoms with Crippen LogP contribution < -0.4 is 20.2 Å². The predicted octanol–water partition coefficient (Wildman–Crippen LogP) is 18.4. The Morgan fingerprint density at radius 1 is 0.301 bits per heavy atom. The van der Waals surface area contributed by atoms with Crippen LogP contribution in [0.15, 0.2) is 251 Å². The molecule has 0 saturated carbocycles. The quantitative estimate of drug-likeness (QED) is 0.118. The molecule has 0 radical (unpaired) electrons. The summed E-state index contributed by atoms with van der Waals surface area (Å²) in [6.45, 7) is 5.08. The van der Waals surface area contributed by atoms with E-state index in [4.69, 9.17) is 8.83 Å². The van der Waals surface area contributed by atoms with E-state index in [0.717, 1.165) is 89.1 Å². The number of furan rings is 2. The van der Waals surface area contributed by atoms with Crippen LogP contribution in [0, 0.1) is 0 Å². The van der Waals surface area contributed by atoms with Crippen LogP contribution in [-0.4, -0.2) is 8.07 Å². The average Bonchev–Trinajstić information content (AvgIpc) is 4.02. The Bertz CT molecular complexity index is 4550. The highest BCUT2D eigenvalue weighted by Gasteiger charge is 2.37. The maximum absolute atomic E-state index is 6.83. The van der Waals surface area contributed by atoms with Gasteiger partial charge in [0.1, 0.15) is 24.8 Å². The van der Waals surface area contributed by atoms with Gasteiger partial charge in [-0.05, 0) is 133 Å². The van der Waals surface area contributed by atoms with Crippen molar-refractivity contribution in [3.05, 3.63) is 243 Å². The van der Waals surface area contributed by atoms with Gasteiger partial charge in [-0.1, -0.05) is 177 Å². The lowest BCUT2D eigenvalue weighted by atomic mass is 9.89. The molecule has 0 unspecified atom stereocenters. The number of fused-ring (bicyclic) bond motifs is 12. The summed E-state index contributed by atoms with van der Waals surface area (Å²) in [5.41, 5.74) is 15.0. The van der Waals surface area contributed by atoms with Gasteiger partial charge in [0.05, 0.1) is 17.1 Å². The second-order valence-electron chi connectivity index (χ2n) is 20.0. The van der Waals surface area contributed by atoms with Crippen molar-refractivity contribution < 1.29 is 8.83 Å². The average molecular weight is 951 g/mol. The Balaban J connectivity index is 0.963. The summed E-state index contributed by atoms with van der Waals surface area (Å²) in [6, 6.07) is 88.5. The van der Waals surface area contributed by atoms with Crippen molar-refractivity contribution in [2.75, 3.05) is 9.80 Å². The highest BCUT2D eigenvalue weighted by atomic mass is 28.3. The van der Waals surface area contributed by atoms with E-state index in [2.05, 4.69) is 259 Å². The van der Waals surface area contributed by atoms with E-state index in [9.17, 15) is 0 Å². The van der Waals surface area contributed by atoms with Gasteiger partial charge in [0.2, 0.25) is 0 Å². The molecule has 344 valence electrons. The summed E-state index contributed by atoms with van der Waals surface area (Å²) in [5, 5.41) is 14.9. The molecule has 14 aromatic rings. The Hall–Kier alpha value is -9.16. The Morgan fingerprint density at radius 2 is 0.890 bits per heavy atom. The van der Waals surface area contributed by atoms with Crippen LogP contribution in [0.5, 0.6) is 0 Å². The minimum absolute atomic E-state index is 0.870. The maximum Gasteiger partial charge on any atom is 0.159 e. The first kappa shape index (κ1) is 41.6. The van der Waals surface area contributed by atoms with Gasteiger partial charge in [-0.25, -0.2) is 0 Å². The molecular formula is C68H46N2O2Si. The first-order valence-electron chi connectivity index (χ1n) is 25.2. The standard InChI is InChI=1S/C68H46N2O2Si/c1-73(2)65-34-18-28-53-56-42-61(69(44-21-7-4-8-22-44)45-36-38-64-57(39-45)51-27-13-15-32-62(51)71-64)49-25-10-9-24-48(49)55(56)41-58(67(53)65)52-37-35-46(40-66(52)73)70(59-30-14-11-23-47(59)43-19-5-3-6-20-43)60-31-17-29-54-50-26-12-16-33-63(50)72-68(54)60/h3-42H,1-2H3. The van der Waals surface area contributed by atoms with Gasteiger partial charge in [-0.3, -0.25) is 0 Å². The monoisotopic (exact) mass is 950 g/mol. The molecule has 2 aromatic heterocycles. The van der Waals surface area contributed by atoms with Gasteiger partial charge in [0, 0.05) is 49.6 Å². The van der Waals surface area contributed by atoms with Crippen LogP contribution in [0.2, 0.25) is 13.1 Å². The van der Waals surface area contributed by atoms with Crippen LogP contribution in [0.3, 0.4) is 0 Å². The third-order valence-corrected chi connectivity index (χ3v) is 19.1. The van der Waals surface area contributed by atoms with E-state index < -0.39 is 8.07 Å². The summed E-state index contributed by atoms with van der Waals surface area (Å²) in [6.07, 6.45) is 0. The molecule has 5 heteroatoms. The summed E-state index contributed by atoms with van der Waals surface area (Å²) in [7, 11) is -2.39. The summed E-state index contributed by atoms with van der Waals surface area (Å²) >= 11 is 0. The van der Waals surface area contributed by atoms with Gasteiger partial charge < -0.3 is 18.6 Å². The fourth-order valence-corrected chi connectivity index (χ4v) is 15.3. The van der Waals surface area contributed by atoms with E-state index in [1.165, 1.54) is 53.8 Å². The number of nitrogens with zero attached hydrogens (tertiary/aromatic N) is 2. The molecule has 1 aliphatic rings. The molecule has 0 amide bonds. The summed E-state index contributed by atoms with van der Waals surface area (Å²) < 4.78 is 13.2. The van der Waals surface area contributed by atoms with Crippen molar-refractivity contribution in [3.63, 3.8) is 0 Å². The lowest BCUT2D eigenvalue weighted by Gasteiger charge is -2.36. The zero-order valence-corrected chi connectivity index (χ0v) is 41.3. The molecule has 0 atom stereocenters. The third kappa shape index (κ3) is 6.25. The van der Waals surface area contributed by atoms with E-state index in [1.54, 1.807) is 0 Å². The van der Waals surface area contributed by atoms with E-state index in [0.29, 0.717) is 0 Å². The fourth-order valence-electron chi connectivity index (χ4n) is 12.2. The molecule has 3 heterocycles. The first-order valence-corrected chi connectivity index (χ1v) is 28.2. The molecule has 0 N–H and O–H groups in total. The number of rotatable bonds is 7. The molecule has 0 aliphatic carbocycles. The van der Waals surface area contributed by atoms with Gasteiger partial charge in [0.25, 0.3) is 0 Å². The number of hydrogen-bond donors (Lipinski definition) is 0. The van der Waals surface area contributed by atoms with Crippen molar-refractivity contribution >= 4 is 129 Å². The SMILES string of the molecule is C[Si]1(C)c2cc(N(c3ccccc3-c3ccccc3)c3cccc4c3oc3ccccc34)ccc2-c2cc3c4ccccc4c(N(c4ccccc4)c4ccc5oc6ccccc6c5c4)cc3c3cccc1c23. The van der Waals surface area contributed by atoms with Gasteiger partial charge in [-0.15, -0.1) is 0 Å². The molecule has 0 saturated heterocycles. The fraction of sp³-hybridized carbons (Fsp3) is 0.0294. The molecule has 0 spiro atoms. The minimum Gasteiger partial charge on any atom is -0.456 e. The van der Waals surface area contributed by atoms with Crippen molar-refractivity contribution in [1.29, 1.82) is 0 Å². The molecule has 12 aromatic carbocycles. The van der Waals surface area contributed by atoms with Crippen LogP contribution in [0.25, 0.3) is 98.4 Å². The van der Waals surface area contributed by atoms with E-state index in [-0.39, 0.29) is 0 Å². The zero-order chi connectivity index (χ0) is 48.4. The second kappa shape index (κ2) is 15.9. The van der Waals surface area contributed by atoms with Gasteiger partial charge in [-0.2, -0.15) is 0 Å². The van der Waals surface area contributed by atoms with Crippen molar-refractivity contribution in [1.82, 2.24) is 0 Å². The molecule has 0 fully saturated rings. The normalized spacial score (nSPS) is 12.9. The molecule has 15 rings (SSSR count). The summed E-state index contributed by atoms with van der Waals surface area (Å²) in [5.74, 6) is 0. The largest absolute Gasteiger partial charge is 0.456 e. The number of para-hydroxylation sites is 5. The highest BCUT2D eigenvalue weighted by Crippen LogP contribution is 2.49. The minimum atomic E-state index is -2.39. The predicted molar refractivity (Wildman–Crippen MR) is 311 cm³/mol. The van der Waals surface area contributed by atoms with Crippen molar-refractivity contribution in [2.45, 2.75) is 13.1 Å². The smallest absolute Gasteiger partial charge is 0.159 e. The number of anilines is 6. The van der Waals surface area contributed by atoms with Crippen LogP contribution in [-0.2, 0) is 0 Å². The first-order chi connectivity index (χ1) is 36.0. The lowest BCUT2D eigenvalue weighted by Crippen LogP contribution is -2.56. The molecule has 1 aliphatic heterocycles. The number of hydrogen-bond acceptors (Lipinski definition) is 4. The highest BCUT2D eigenvalue weighted by molar-refractivity contribution is 7.03. The Labute approximate surface area is 423 Å². The maximum atomic E-state index is 6.83. The van der Waals surface area contributed by atoms with E-state index in [1.807, 2.05) is 6.07 Å². The molecule has 4 nitrogen and oxygen atoms in total. The van der Waals surface area contributed by atoms with Crippen molar-refractivity contribution in [2.24, 2.45) is 0 Å². The van der Waals surface area contributed by atoms with Crippen LogP contribution in [0.4, 0.5) is 34.1 Å². The number of benzene rings is 12. The van der Waals surface area contributed by atoms with Crippen LogP contribution in [0.1, 0.15) is 0 Å². The Kier molecular flexibility index (Phi) is 9.08. The Morgan fingerprint density at radius 3 is 1.71 bits per heavy atom. The third-order valence-electron chi connectivity index (χ3n) is 15.6. The summed E-state index contributed by atoms with van der Waals surface area (Å²) in [4.78, 5) is 4.87. The van der Waals surface area contributed by atoms with Crippen LogP contribution >= 0.6 is 0 Å². The van der Waals surface area contributed by atoms with E-state index >= 15 is 0 Å². The van der Waals surface area contributed by atoms with Crippen molar-refractivity contribution in [3.8, 4) is 22.3 Å². The zero-order valence-electron chi connectivity index (χ0n) is 40.3. The van der Waals surface area contributed by atoms with Gasteiger partial charge in [0.15, 0.2) is 5.58 Å². The molecule has 73 heavy (non-hydrogen) atoms. The lowest BCUT2D eigenvalue weighted by molar-refractivity contribution is 0.668. The molecule has 0 bridgehead atoms. The molecular weight excluding hydrogens is 905 g/mol. The second-order valence-corrected chi connectivity index (χ2v) is 24.3.